The molecule has 2 aromatic rings. The Morgan fingerprint density at radius 1 is 1.20 bits per heavy atom. The van der Waals surface area contributed by atoms with Crippen molar-refractivity contribution in [2.45, 2.75) is 19.8 Å². The number of aliphatic hydroxyl groups is 1. The van der Waals surface area contributed by atoms with Crippen molar-refractivity contribution in [2.75, 3.05) is 14.2 Å². The van der Waals surface area contributed by atoms with Crippen LogP contribution in [0.15, 0.2) is 28.8 Å². The van der Waals surface area contributed by atoms with Gasteiger partial charge in [-0.15, -0.1) is 0 Å². The van der Waals surface area contributed by atoms with Crippen LogP contribution in [-0.2, 0) is 24.6 Å². The Morgan fingerprint density at radius 3 is 2.75 bits per heavy atom. The van der Waals surface area contributed by atoms with Crippen LogP contribution in [0.5, 0.6) is 11.5 Å². The molecule has 1 aromatic heterocycles. The summed E-state index contributed by atoms with van der Waals surface area (Å²) in [6.07, 6.45) is 0. The molecule has 108 valence electrons. The number of ether oxygens (including phenoxy) is 3. The van der Waals surface area contributed by atoms with Crippen molar-refractivity contribution in [1.29, 1.82) is 0 Å². The fourth-order valence-electron chi connectivity index (χ4n) is 1.73. The molecule has 1 aromatic carbocycles. The van der Waals surface area contributed by atoms with Gasteiger partial charge in [-0.05, 0) is 18.2 Å². The van der Waals surface area contributed by atoms with Crippen molar-refractivity contribution in [2.24, 2.45) is 0 Å². The van der Waals surface area contributed by atoms with E-state index in [4.69, 9.17) is 18.7 Å². The molecule has 1 N–H and O–H groups in total. The molecule has 0 amide bonds. The van der Waals surface area contributed by atoms with Gasteiger partial charge in [0.1, 0.15) is 30.4 Å². The molecule has 0 aliphatic heterocycles. The molecule has 2 rings (SSSR count). The molecule has 0 unspecified atom stereocenters. The quantitative estimate of drug-likeness (QED) is 0.834. The van der Waals surface area contributed by atoms with Crippen LogP contribution in [-0.4, -0.2) is 24.5 Å². The Hall–Kier alpha value is -2.05. The van der Waals surface area contributed by atoms with E-state index in [-0.39, 0.29) is 13.2 Å². The molecule has 0 saturated carbocycles. The van der Waals surface area contributed by atoms with Crippen LogP contribution in [0.25, 0.3) is 0 Å². The first-order valence-corrected chi connectivity index (χ1v) is 6.10. The first-order valence-electron chi connectivity index (χ1n) is 6.10. The van der Waals surface area contributed by atoms with Gasteiger partial charge >= 0.3 is 0 Å². The highest BCUT2D eigenvalue weighted by molar-refractivity contribution is 5.39. The van der Waals surface area contributed by atoms with Crippen molar-refractivity contribution < 1.29 is 23.8 Å². The maximum absolute atomic E-state index is 9.32. The predicted octanol–water partition coefficient (Wildman–Crippen LogP) is 1.90. The molecule has 1 heterocycles. The summed E-state index contributed by atoms with van der Waals surface area (Å²) in [5.74, 6) is 1.90. The third-order valence-electron chi connectivity index (χ3n) is 2.71. The fourth-order valence-corrected chi connectivity index (χ4v) is 1.73. The lowest BCUT2D eigenvalue weighted by Gasteiger charge is -2.10. The van der Waals surface area contributed by atoms with E-state index >= 15 is 0 Å². The topological polar surface area (TPSA) is 74.0 Å². The van der Waals surface area contributed by atoms with E-state index in [1.165, 1.54) is 0 Å². The molecule has 0 bridgehead atoms. The van der Waals surface area contributed by atoms with Crippen LogP contribution < -0.4 is 9.47 Å². The number of nitrogens with zero attached hydrogens (tertiary/aromatic N) is 1. The molecular formula is C14H17NO5. The zero-order valence-electron chi connectivity index (χ0n) is 11.5. The van der Waals surface area contributed by atoms with E-state index in [1.807, 2.05) is 0 Å². The number of hydrogen-bond acceptors (Lipinski definition) is 6. The number of hydrogen-bond donors (Lipinski definition) is 1. The van der Waals surface area contributed by atoms with Crippen molar-refractivity contribution in [3.8, 4) is 11.5 Å². The van der Waals surface area contributed by atoms with Crippen LogP contribution in [0.2, 0.25) is 0 Å². The number of aliphatic hydroxyl groups excluding tert-OH is 1. The highest BCUT2D eigenvalue weighted by Gasteiger charge is 2.08. The lowest BCUT2D eigenvalue weighted by molar-refractivity contribution is 0.155. The maximum atomic E-state index is 9.32. The van der Waals surface area contributed by atoms with E-state index in [2.05, 4.69) is 5.16 Å². The van der Waals surface area contributed by atoms with Gasteiger partial charge in [0, 0.05) is 18.7 Å². The fraction of sp³-hybridized carbons (Fsp3) is 0.357. The summed E-state index contributed by atoms with van der Waals surface area (Å²) in [7, 11) is 3.16. The smallest absolute Gasteiger partial charge is 0.162 e. The monoisotopic (exact) mass is 279 g/mol. The minimum Gasteiger partial charge on any atom is -0.497 e. The highest BCUT2D eigenvalue weighted by atomic mass is 16.5. The highest BCUT2D eigenvalue weighted by Crippen LogP contribution is 2.25. The summed E-state index contributed by atoms with van der Waals surface area (Å²) in [5.41, 5.74) is 1.32. The summed E-state index contributed by atoms with van der Waals surface area (Å²) in [4.78, 5) is 0. The van der Waals surface area contributed by atoms with Crippen LogP contribution in [0, 0.1) is 0 Å². The number of rotatable bonds is 7. The molecule has 0 atom stereocenters. The second-order valence-electron chi connectivity index (χ2n) is 4.14. The summed E-state index contributed by atoms with van der Waals surface area (Å²) in [6.45, 7) is 0.504. The molecule has 20 heavy (non-hydrogen) atoms. The lowest BCUT2D eigenvalue weighted by Crippen LogP contribution is -1.99. The first kappa shape index (κ1) is 14.4. The Morgan fingerprint density at radius 2 is 2.05 bits per heavy atom. The predicted molar refractivity (Wildman–Crippen MR) is 70.5 cm³/mol. The second-order valence-corrected chi connectivity index (χ2v) is 4.14. The van der Waals surface area contributed by atoms with Crippen LogP contribution in [0.3, 0.4) is 0 Å². The van der Waals surface area contributed by atoms with E-state index in [0.717, 1.165) is 0 Å². The van der Waals surface area contributed by atoms with Gasteiger partial charge in [0.05, 0.1) is 13.7 Å². The first-order chi connectivity index (χ1) is 9.76. The average molecular weight is 279 g/mol. The minimum absolute atomic E-state index is 0.125. The molecule has 0 aliphatic rings. The van der Waals surface area contributed by atoms with Crippen molar-refractivity contribution >= 4 is 0 Å². The molecule has 6 nitrogen and oxygen atoms in total. The van der Waals surface area contributed by atoms with Gasteiger partial charge in [-0.3, -0.25) is 0 Å². The molecule has 0 fully saturated rings. The SMILES string of the molecule is COCc1cc(COc2ccc(OC)cc2CO)no1. The number of aromatic nitrogens is 1. The summed E-state index contributed by atoms with van der Waals surface area (Å²) in [6, 6.07) is 7.02. The number of benzene rings is 1. The maximum Gasteiger partial charge on any atom is 0.162 e. The van der Waals surface area contributed by atoms with Crippen molar-refractivity contribution in [3.63, 3.8) is 0 Å². The summed E-state index contributed by atoms with van der Waals surface area (Å²) >= 11 is 0. The molecular weight excluding hydrogens is 262 g/mol. The van der Waals surface area contributed by atoms with E-state index in [1.54, 1.807) is 38.5 Å². The minimum atomic E-state index is -0.125. The Bertz CT molecular complexity index is 552. The van der Waals surface area contributed by atoms with E-state index in [9.17, 15) is 5.11 Å². The summed E-state index contributed by atoms with van der Waals surface area (Å²) < 4.78 is 20.7. The van der Waals surface area contributed by atoms with Crippen LogP contribution in [0.1, 0.15) is 17.0 Å². The average Bonchev–Trinajstić information content (AvgIpc) is 2.93. The standard InChI is InChI=1S/C14H17NO5/c1-17-9-13-6-11(15-20-13)8-19-14-4-3-12(18-2)5-10(14)7-16/h3-6,16H,7-9H2,1-2H3. The second kappa shape index (κ2) is 6.93. The van der Waals surface area contributed by atoms with E-state index in [0.29, 0.717) is 35.1 Å². The lowest BCUT2D eigenvalue weighted by atomic mass is 10.2. The van der Waals surface area contributed by atoms with Gasteiger partial charge in [0.15, 0.2) is 5.76 Å². The van der Waals surface area contributed by atoms with Crippen molar-refractivity contribution in [1.82, 2.24) is 5.16 Å². The Balaban J connectivity index is 2.02. The van der Waals surface area contributed by atoms with Crippen molar-refractivity contribution in [3.05, 3.63) is 41.3 Å². The Kier molecular flexibility index (Phi) is 4.97. The normalized spacial score (nSPS) is 10.6. The van der Waals surface area contributed by atoms with E-state index < -0.39 is 0 Å². The molecule has 0 aliphatic carbocycles. The zero-order chi connectivity index (χ0) is 14.4. The molecule has 0 radical (unpaired) electrons. The summed E-state index contributed by atoms with van der Waals surface area (Å²) in [5, 5.41) is 13.2. The molecule has 0 spiro atoms. The van der Waals surface area contributed by atoms with Crippen LogP contribution >= 0.6 is 0 Å². The van der Waals surface area contributed by atoms with Gasteiger partial charge in [0.25, 0.3) is 0 Å². The molecule has 6 heteroatoms. The Labute approximate surface area is 116 Å². The third-order valence-corrected chi connectivity index (χ3v) is 2.71. The molecule has 0 saturated heterocycles. The van der Waals surface area contributed by atoms with Gasteiger partial charge in [0.2, 0.25) is 0 Å². The largest absolute Gasteiger partial charge is 0.497 e. The third kappa shape index (κ3) is 3.49. The van der Waals surface area contributed by atoms with Gasteiger partial charge in [-0.1, -0.05) is 5.16 Å². The zero-order valence-corrected chi connectivity index (χ0v) is 11.5. The van der Waals surface area contributed by atoms with Crippen LogP contribution in [0.4, 0.5) is 0 Å². The number of methoxy groups -OCH3 is 2. The van der Waals surface area contributed by atoms with Gasteiger partial charge in [-0.25, -0.2) is 0 Å². The van der Waals surface area contributed by atoms with Gasteiger partial charge < -0.3 is 23.8 Å². The van der Waals surface area contributed by atoms with Gasteiger partial charge in [-0.2, -0.15) is 0 Å².